The third kappa shape index (κ3) is 10.8. The topological polar surface area (TPSA) is 87.1 Å². The first-order valence-corrected chi connectivity index (χ1v) is 43.2. The van der Waals surface area contributed by atoms with Gasteiger partial charge in [0.15, 0.2) is 13.0 Å². The summed E-state index contributed by atoms with van der Waals surface area (Å²) in [5, 5.41) is 10.1. The lowest BCUT2D eigenvalue weighted by atomic mass is 9.65. The molecular formula is C114H71N4O3P. The summed E-state index contributed by atoms with van der Waals surface area (Å²) in [6.45, 7) is 0. The highest BCUT2D eigenvalue weighted by Gasteiger charge is 2.53. The number of fused-ring (bicyclic) bond motifs is 25. The van der Waals surface area contributed by atoms with Crippen LogP contribution in [-0.2, 0) is 15.4 Å². The van der Waals surface area contributed by atoms with Crippen LogP contribution >= 0.6 is 7.14 Å². The van der Waals surface area contributed by atoms with Crippen LogP contribution in [0.5, 0.6) is 23.0 Å². The molecule has 570 valence electrons. The van der Waals surface area contributed by atoms with Crippen LogP contribution in [0.3, 0.4) is 0 Å². The van der Waals surface area contributed by atoms with E-state index >= 15 is 0 Å². The number of hydrogen-bond acceptors (Lipinski definition) is 7. The van der Waals surface area contributed by atoms with Crippen LogP contribution in [0.2, 0.25) is 0 Å². The van der Waals surface area contributed by atoms with E-state index in [9.17, 15) is 4.57 Å². The minimum atomic E-state index is -3.07. The molecule has 0 fully saturated rings. The maximum atomic E-state index is 15.0. The molecule has 2 spiro atoms. The third-order valence-electron chi connectivity index (χ3n) is 25.6. The maximum absolute atomic E-state index is 15.0. The van der Waals surface area contributed by atoms with Crippen molar-refractivity contribution in [3.63, 3.8) is 0 Å². The normalized spacial score (nSPS) is 13.2. The zero-order chi connectivity index (χ0) is 80.6. The Morgan fingerprint density at radius 2 is 0.492 bits per heavy atom. The van der Waals surface area contributed by atoms with E-state index in [-0.39, 0.29) is 0 Å². The molecule has 7 nitrogen and oxygen atoms in total. The van der Waals surface area contributed by atoms with Gasteiger partial charge in [0.25, 0.3) is 0 Å². The summed E-state index contributed by atoms with van der Waals surface area (Å²) in [6.07, 6.45) is 0. The molecule has 8 heteroatoms. The number of ether oxygens (including phenoxy) is 2. The van der Waals surface area contributed by atoms with Crippen LogP contribution in [0, 0.1) is 0 Å². The van der Waals surface area contributed by atoms with E-state index in [4.69, 9.17) is 29.4 Å². The largest absolute Gasteiger partial charge is 0.457 e. The number of benzene rings is 18. The van der Waals surface area contributed by atoms with Gasteiger partial charge in [0, 0.05) is 87.4 Å². The first-order chi connectivity index (χ1) is 60.3. The number of nitrogens with zero attached hydrogens (tertiary/aromatic N) is 4. The molecule has 0 N–H and O–H groups in total. The van der Waals surface area contributed by atoms with E-state index in [2.05, 4.69) is 328 Å². The van der Waals surface area contributed by atoms with Crippen molar-refractivity contribution in [1.29, 1.82) is 0 Å². The summed E-state index contributed by atoms with van der Waals surface area (Å²) >= 11 is 0. The number of para-hydroxylation sites is 5. The third-order valence-corrected chi connectivity index (χ3v) is 28.7. The molecule has 0 atom stereocenters. The number of rotatable bonds is 9. The van der Waals surface area contributed by atoms with Crippen molar-refractivity contribution >= 4 is 77.3 Å². The molecule has 18 aromatic carbocycles. The number of hydrogen-bond donors (Lipinski definition) is 0. The Morgan fingerprint density at radius 1 is 0.197 bits per heavy atom. The lowest BCUT2D eigenvalue weighted by molar-refractivity contribution is 0.437. The van der Waals surface area contributed by atoms with Gasteiger partial charge in [-0.3, -0.25) is 0 Å². The van der Waals surface area contributed by atoms with Crippen LogP contribution in [0.1, 0.15) is 44.5 Å². The van der Waals surface area contributed by atoms with E-state index in [1.165, 1.54) is 44.5 Å². The zero-order valence-electron chi connectivity index (χ0n) is 66.0. The van der Waals surface area contributed by atoms with Gasteiger partial charge in [-0.1, -0.05) is 376 Å². The lowest BCUT2D eigenvalue weighted by Gasteiger charge is -2.39. The molecule has 2 aliphatic heterocycles. The summed E-state index contributed by atoms with van der Waals surface area (Å²) in [7, 11) is -3.07. The molecule has 21 aromatic rings. The minimum Gasteiger partial charge on any atom is -0.457 e. The van der Waals surface area contributed by atoms with Gasteiger partial charge >= 0.3 is 0 Å². The Hall–Kier alpha value is -15.5. The lowest BCUT2D eigenvalue weighted by Crippen LogP contribution is -2.32. The molecule has 2 aliphatic carbocycles. The second kappa shape index (κ2) is 28.1. The van der Waals surface area contributed by atoms with Crippen molar-refractivity contribution < 1.29 is 14.0 Å². The molecule has 0 bridgehead atoms. The van der Waals surface area contributed by atoms with Gasteiger partial charge < -0.3 is 14.0 Å². The summed E-state index contributed by atoms with van der Waals surface area (Å²) in [4.78, 5) is 20.7. The summed E-state index contributed by atoms with van der Waals surface area (Å²) < 4.78 is 28.8. The quantitative estimate of drug-likeness (QED) is 0.105. The van der Waals surface area contributed by atoms with Gasteiger partial charge in [-0.2, -0.15) is 0 Å². The first kappa shape index (κ1) is 70.7. The van der Waals surface area contributed by atoms with E-state index in [1.54, 1.807) is 0 Å². The van der Waals surface area contributed by atoms with Gasteiger partial charge in [0.05, 0.1) is 44.5 Å². The van der Waals surface area contributed by atoms with Crippen molar-refractivity contribution in [2.75, 3.05) is 0 Å². The molecule has 5 heterocycles. The molecule has 0 amide bonds. The van der Waals surface area contributed by atoms with Gasteiger partial charge in [-0.25, -0.2) is 19.9 Å². The van der Waals surface area contributed by atoms with E-state index in [0.717, 1.165) is 183 Å². The minimum absolute atomic E-state index is 0.544. The predicted octanol–water partition coefficient (Wildman–Crippen LogP) is 27.3. The van der Waals surface area contributed by atoms with Gasteiger partial charge in [-0.05, 0) is 132 Å². The van der Waals surface area contributed by atoms with Gasteiger partial charge in [0.1, 0.15) is 23.0 Å². The van der Waals surface area contributed by atoms with Crippen molar-refractivity contribution in [3.05, 3.63) is 475 Å². The Morgan fingerprint density at radius 3 is 0.893 bits per heavy atom. The standard InChI is InChI=1S/C58H35N3O.C56H36NO2P/c1-2-14-40(15-3-1)57-60-52-24-12-7-19-44(52)55(61-57)38-30-26-36(27-31-38)37-28-32-39(33-29-37)56-46-35-54-50(34-45(46)43-18-6-11-23-51(43)59-56)58(49-22-10-13-25-53(49)62-54)47-20-8-4-16-41(47)42-17-5-9-21-48(42)58;58-60(40-15-3-1-4-16-40,41-17-5-2-6-18-41)42-33-31-38(32-34-42)37-27-29-39(30-28-37)55-47-36-54-51(35-46(47)45-21-9-13-25-52(45)57-55)56(50-24-12-14-26-53(50)59-54)48-22-10-7-19-43(48)44-20-8-11-23-49(44)56/h1-35H;1-36H. The number of pyridine rings is 2. The van der Waals surface area contributed by atoms with Crippen LogP contribution < -0.4 is 25.4 Å². The van der Waals surface area contributed by atoms with Gasteiger partial charge in [-0.15, -0.1) is 0 Å². The summed E-state index contributed by atoms with van der Waals surface area (Å²) in [5.74, 6) is 4.15. The van der Waals surface area contributed by atoms with Crippen molar-refractivity contribution in [2.24, 2.45) is 0 Å². The van der Waals surface area contributed by atoms with E-state index in [0.29, 0.717) is 0 Å². The molecule has 0 radical (unpaired) electrons. The molecule has 0 saturated heterocycles. The Bertz CT molecular complexity index is 7760. The molecule has 4 aliphatic rings. The van der Waals surface area contributed by atoms with Crippen molar-refractivity contribution in [2.45, 2.75) is 10.8 Å². The molecule has 122 heavy (non-hydrogen) atoms. The average molecular weight is 1580 g/mol. The van der Waals surface area contributed by atoms with E-state index in [1.807, 2.05) is 103 Å². The zero-order valence-corrected chi connectivity index (χ0v) is 66.8. The van der Waals surface area contributed by atoms with Crippen molar-refractivity contribution in [3.8, 4) is 113 Å². The van der Waals surface area contributed by atoms with Crippen LogP contribution in [-0.4, -0.2) is 19.9 Å². The molecule has 0 unspecified atom stereocenters. The highest BCUT2D eigenvalue weighted by Crippen LogP contribution is 2.65. The highest BCUT2D eigenvalue weighted by atomic mass is 31.2. The first-order valence-electron chi connectivity index (χ1n) is 41.5. The molecule has 3 aromatic heterocycles. The number of aromatic nitrogens is 4. The fourth-order valence-electron chi connectivity index (χ4n) is 20.1. The maximum Gasteiger partial charge on any atom is 0.171 e. The fourth-order valence-corrected chi connectivity index (χ4v) is 22.7. The van der Waals surface area contributed by atoms with Gasteiger partial charge in [0.2, 0.25) is 0 Å². The monoisotopic (exact) mass is 1570 g/mol. The predicted molar refractivity (Wildman–Crippen MR) is 498 cm³/mol. The smallest absolute Gasteiger partial charge is 0.171 e. The Balaban J connectivity index is 0.000000138. The second-order valence-corrected chi connectivity index (χ2v) is 34.7. The summed E-state index contributed by atoms with van der Waals surface area (Å²) in [5.41, 5.74) is 27.7. The Kier molecular flexibility index (Phi) is 16.3. The highest BCUT2D eigenvalue weighted by molar-refractivity contribution is 7.85. The molecular weight excluding hydrogens is 1500 g/mol. The fraction of sp³-hybridized carbons (Fsp3) is 0.0175. The molecule has 0 saturated carbocycles. The van der Waals surface area contributed by atoms with Crippen LogP contribution in [0.4, 0.5) is 0 Å². The average Bonchev–Trinajstić information content (AvgIpc) is 1.51. The van der Waals surface area contributed by atoms with E-state index < -0.39 is 18.0 Å². The van der Waals surface area contributed by atoms with Crippen molar-refractivity contribution in [1.82, 2.24) is 19.9 Å². The SMILES string of the molecule is O=P(c1ccccc1)(c1ccccc1)c1ccc(-c2ccc(-c3nc4ccccc4c4cc5c(cc34)Oc3ccccc3C53c4ccccc4-c4ccccc43)cc2)cc1.c1ccc(-c2nc(-c3ccc(-c4ccc(-c5nc6ccccc6c6cc7c(cc56)Oc5ccccc5C75c6ccccc6-c6ccccc65)cc4)cc3)c3ccccc3n2)cc1. The second-order valence-electron chi connectivity index (χ2n) is 32.0. The Labute approximate surface area is 705 Å². The van der Waals surface area contributed by atoms with Crippen LogP contribution in [0.25, 0.3) is 144 Å². The summed E-state index contributed by atoms with van der Waals surface area (Å²) in [6, 6.07) is 151. The molecule has 25 rings (SSSR count). The van der Waals surface area contributed by atoms with Crippen LogP contribution in [0.15, 0.2) is 431 Å².